The Balaban J connectivity index is 1.59. The van der Waals surface area contributed by atoms with E-state index in [4.69, 9.17) is 0 Å². The molecule has 0 aliphatic heterocycles. The lowest BCUT2D eigenvalue weighted by Gasteiger charge is -2.39. The van der Waals surface area contributed by atoms with E-state index in [1.807, 2.05) is 19.1 Å². The molecule has 2 unspecified atom stereocenters. The number of rotatable bonds is 6. The Hall–Kier alpha value is -2.44. The second-order valence-corrected chi connectivity index (χ2v) is 6.69. The molecule has 5 nitrogen and oxygen atoms in total. The van der Waals surface area contributed by atoms with Gasteiger partial charge in [0.05, 0.1) is 0 Å². The fraction of sp³-hybridized carbons (Fsp3) is 0.444. The maximum absolute atomic E-state index is 13.0. The van der Waals surface area contributed by atoms with Gasteiger partial charge in [-0.1, -0.05) is 6.07 Å². The number of nitrogens with one attached hydrogen (secondary N) is 2. The average Bonchev–Trinajstić information content (AvgIpc) is 3.06. The van der Waals surface area contributed by atoms with Gasteiger partial charge in [-0.15, -0.1) is 0 Å². The summed E-state index contributed by atoms with van der Waals surface area (Å²) in [6.45, 7) is 3.67. The topological polar surface area (TPSA) is 58.9 Å². The third kappa shape index (κ3) is 4.15. The van der Waals surface area contributed by atoms with Gasteiger partial charge < -0.3 is 10.6 Å². The first kappa shape index (κ1) is 17.4. The van der Waals surface area contributed by atoms with Gasteiger partial charge in [-0.05, 0) is 44.0 Å². The molecule has 1 amide bonds. The van der Waals surface area contributed by atoms with Crippen LogP contribution in [0.25, 0.3) is 0 Å². The first-order chi connectivity index (χ1) is 11.8. The van der Waals surface area contributed by atoms with Crippen LogP contribution < -0.4 is 10.6 Å². The van der Waals surface area contributed by atoms with Crippen molar-refractivity contribution in [3.63, 3.8) is 0 Å². The lowest BCUT2D eigenvalue weighted by molar-refractivity contribution is -0.119. The lowest BCUT2D eigenvalue weighted by atomic mass is 9.77. The van der Waals surface area contributed by atoms with Gasteiger partial charge in [0.2, 0.25) is 11.8 Å². The molecule has 1 aliphatic carbocycles. The average molecular weight is 348 g/mol. The molecule has 2 atom stereocenters. The number of carbonyl (C=O) groups excluding carboxylic acids is 1. The van der Waals surface area contributed by atoms with Crippen molar-refractivity contribution in [2.24, 2.45) is 5.92 Å². The normalized spacial score (nSPS) is 18.9. The molecule has 134 valence electrons. The van der Waals surface area contributed by atoms with Crippen LogP contribution in [0, 0.1) is 5.92 Å². The summed E-state index contributed by atoms with van der Waals surface area (Å²) < 4.78 is 27.6. The van der Waals surface area contributed by atoms with Gasteiger partial charge in [-0.2, -0.15) is 5.10 Å². The highest BCUT2D eigenvalue weighted by Gasteiger charge is 2.47. The zero-order valence-electron chi connectivity index (χ0n) is 14.2. The molecule has 1 aliphatic rings. The Morgan fingerprint density at radius 1 is 1.28 bits per heavy atom. The molecule has 1 saturated carbocycles. The number of hydrogen-bond acceptors (Lipinski definition) is 3. The van der Waals surface area contributed by atoms with Crippen molar-refractivity contribution in [3.8, 4) is 0 Å². The molecule has 2 N–H and O–H groups in total. The van der Waals surface area contributed by atoms with E-state index < -0.39 is 12.0 Å². The number of alkyl halides is 2. The number of hydrogen-bond donors (Lipinski definition) is 2. The van der Waals surface area contributed by atoms with E-state index in [0.717, 1.165) is 5.69 Å². The van der Waals surface area contributed by atoms with Gasteiger partial charge in [0.1, 0.15) is 6.04 Å². The molecule has 0 bridgehead atoms. The molecule has 1 heterocycles. The molecule has 0 radical (unpaired) electrons. The number of nitrogens with zero attached hydrogens (tertiary/aromatic N) is 2. The summed E-state index contributed by atoms with van der Waals surface area (Å²) in [5.41, 5.74) is 1.45. The molecule has 0 saturated heterocycles. The van der Waals surface area contributed by atoms with Crippen LogP contribution in [0.5, 0.6) is 0 Å². The summed E-state index contributed by atoms with van der Waals surface area (Å²) in [5, 5.41) is 10.2. The van der Waals surface area contributed by atoms with Gasteiger partial charge in [-0.25, -0.2) is 8.78 Å². The highest BCUT2D eigenvalue weighted by Crippen LogP contribution is 2.44. The van der Waals surface area contributed by atoms with E-state index in [0.29, 0.717) is 5.69 Å². The van der Waals surface area contributed by atoms with Crippen molar-refractivity contribution in [1.82, 2.24) is 9.78 Å². The van der Waals surface area contributed by atoms with E-state index in [1.54, 1.807) is 42.2 Å². The minimum Gasteiger partial charge on any atom is -0.382 e. The third-order valence-corrected chi connectivity index (χ3v) is 4.65. The smallest absolute Gasteiger partial charge is 0.248 e. The molecule has 1 aromatic heterocycles. The van der Waals surface area contributed by atoms with Crippen molar-refractivity contribution in [3.05, 3.63) is 42.7 Å². The molecule has 2 aromatic rings. The highest BCUT2D eigenvalue weighted by molar-refractivity contribution is 5.93. The molecule has 1 fully saturated rings. The van der Waals surface area contributed by atoms with Crippen LogP contribution in [-0.4, -0.2) is 27.7 Å². The Kier molecular flexibility index (Phi) is 4.74. The number of benzene rings is 1. The number of carbonyl (C=O) groups is 1. The van der Waals surface area contributed by atoms with Crippen molar-refractivity contribution >= 4 is 17.3 Å². The predicted octanol–water partition coefficient (Wildman–Crippen LogP) is 3.93. The van der Waals surface area contributed by atoms with Crippen molar-refractivity contribution in [2.45, 2.75) is 44.7 Å². The summed E-state index contributed by atoms with van der Waals surface area (Å²) in [4.78, 5) is 12.3. The molecular weight excluding hydrogens is 326 g/mol. The van der Waals surface area contributed by atoms with Crippen LogP contribution >= 0.6 is 0 Å². The first-order valence-electron chi connectivity index (χ1n) is 8.38. The van der Waals surface area contributed by atoms with Crippen molar-refractivity contribution in [2.75, 3.05) is 10.6 Å². The quantitative estimate of drug-likeness (QED) is 0.832. The summed E-state index contributed by atoms with van der Waals surface area (Å²) in [6.07, 6.45) is 3.22. The second kappa shape index (κ2) is 6.82. The zero-order valence-corrected chi connectivity index (χ0v) is 14.2. The Labute approximate surface area is 145 Å². The van der Waals surface area contributed by atoms with Gasteiger partial charge in [0.15, 0.2) is 0 Å². The summed E-state index contributed by atoms with van der Waals surface area (Å²) in [6, 6.07) is 8.57. The standard InChI is InChI=1S/C18H22F2N4O/c1-12(14-10-18(19,20)11-14)22-15-5-3-6-16(9-15)23-17(25)13(2)24-8-4-7-21-24/h3-9,12-14,22H,10-11H2,1-2H3,(H,23,25). The predicted molar refractivity (Wildman–Crippen MR) is 92.8 cm³/mol. The minimum absolute atomic E-state index is 0.0342. The van der Waals surface area contributed by atoms with E-state index in [2.05, 4.69) is 15.7 Å². The largest absolute Gasteiger partial charge is 0.382 e. The van der Waals surface area contributed by atoms with Crippen LogP contribution in [0.1, 0.15) is 32.7 Å². The summed E-state index contributed by atoms with van der Waals surface area (Å²) in [5.74, 6) is -2.72. The fourth-order valence-corrected chi connectivity index (χ4v) is 3.00. The summed E-state index contributed by atoms with van der Waals surface area (Å²) in [7, 11) is 0. The van der Waals surface area contributed by atoms with Crippen LogP contribution in [0.4, 0.5) is 20.2 Å². The molecule has 25 heavy (non-hydrogen) atoms. The van der Waals surface area contributed by atoms with Crippen LogP contribution in [0.2, 0.25) is 0 Å². The number of anilines is 2. The summed E-state index contributed by atoms with van der Waals surface area (Å²) >= 11 is 0. The third-order valence-electron chi connectivity index (χ3n) is 4.65. The number of halogens is 2. The van der Waals surface area contributed by atoms with Crippen LogP contribution in [0.15, 0.2) is 42.7 Å². The van der Waals surface area contributed by atoms with E-state index >= 15 is 0 Å². The monoisotopic (exact) mass is 348 g/mol. The maximum Gasteiger partial charge on any atom is 0.248 e. The molecule has 7 heteroatoms. The lowest BCUT2D eigenvalue weighted by Crippen LogP contribution is -2.43. The SMILES string of the molecule is CC(Nc1cccc(NC(=O)C(C)n2cccn2)c1)C1CC(F)(F)C1. The molecular formula is C18H22F2N4O. The minimum atomic E-state index is -2.51. The highest BCUT2D eigenvalue weighted by atomic mass is 19.3. The van der Waals surface area contributed by atoms with Gasteiger partial charge in [0, 0.05) is 42.7 Å². The molecule has 1 aromatic carbocycles. The van der Waals surface area contributed by atoms with Gasteiger partial charge in [-0.3, -0.25) is 9.48 Å². The Morgan fingerprint density at radius 3 is 2.64 bits per heavy atom. The molecule has 0 spiro atoms. The number of amides is 1. The van der Waals surface area contributed by atoms with Gasteiger partial charge in [0.25, 0.3) is 0 Å². The van der Waals surface area contributed by atoms with Crippen LogP contribution in [0.3, 0.4) is 0 Å². The Bertz CT molecular complexity index is 724. The van der Waals surface area contributed by atoms with Crippen molar-refractivity contribution in [1.29, 1.82) is 0 Å². The fourth-order valence-electron chi connectivity index (χ4n) is 3.00. The Morgan fingerprint density at radius 2 is 2.00 bits per heavy atom. The van der Waals surface area contributed by atoms with E-state index in [9.17, 15) is 13.6 Å². The van der Waals surface area contributed by atoms with Gasteiger partial charge >= 0.3 is 0 Å². The van der Waals surface area contributed by atoms with Crippen molar-refractivity contribution < 1.29 is 13.6 Å². The van der Waals surface area contributed by atoms with Crippen LogP contribution in [-0.2, 0) is 4.79 Å². The van der Waals surface area contributed by atoms with E-state index in [1.165, 1.54) is 0 Å². The van der Waals surface area contributed by atoms with E-state index in [-0.39, 0.29) is 30.7 Å². The molecule has 3 rings (SSSR count). The zero-order chi connectivity index (χ0) is 18.0. The number of aromatic nitrogens is 2. The maximum atomic E-state index is 13.0. The second-order valence-electron chi connectivity index (χ2n) is 6.69. The first-order valence-corrected chi connectivity index (χ1v) is 8.38.